The summed E-state index contributed by atoms with van der Waals surface area (Å²) in [7, 11) is 1.59. The number of ether oxygens (including phenoxy) is 3. The number of nitrogens with zero attached hydrogens (tertiary/aromatic N) is 2. The van der Waals surface area contributed by atoms with Gasteiger partial charge < -0.3 is 19.9 Å². The molecule has 24 heavy (non-hydrogen) atoms. The average molecular weight is 323 g/mol. The van der Waals surface area contributed by atoms with Crippen LogP contribution in [0.1, 0.15) is 36.4 Å². The Kier molecular flexibility index (Phi) is 3.42. The number of aromatic nitrogens is 1. The molecule has 2 aliphatic rings. The Bertz CT molecular complexity index is 854. The predicted octanol–water partition coefficient (Wildman–Crippen LogP) is 3.21. The Morgan fingerprint density at radius 3 is 2.58 bits per heavy atom. The molecule has 0 saturated heterocycles. The summed E-state index contributed by atoms with van der Waals surface area (Å²) in [4.78, 5) is 4.44. The molecule has 2 heterocycles. The van der Waals surface area contributed by atoms with Gasteiger partial charge in [0.05, 0.1) is 7.11 Å². The minimum atomic E-state index is 0.179. The fraction of sp³-hybridized carbons (Fsp3) is 0.333. The highest BCUT2D eigenvalue weighted by Crippen LogP contribution is 2.45. The van der Waals surface area contributed by atoms with Crippen LogP contribution < -0.4 is 19.9 Å². The smallest absolute Gasteiger partial charge is 0.231 e. The zero-order chi connectivity index (χ0) is 16.7. The van der Waals surface area contributed by atoms with Gasteiger partial charge in [-0.05, 0) is 25.0 Å². The van der Waals surface area contributed by atoms with E-state index < -0.39 is 0 Å². The number of hydrogen-bond acceptors (Lipinski definition) is 6. The Morgan fingerprint density at radius 2 is 1.96 bits per heavy atom. The number of pyridine rings is 1. The lowest BCUT2D eigenvalue weighted by atomic mass is 9.81. The molecule has 2 aromatic rings. The van der Waals surface area contributed by atoms with Gasteiger partial charge in [0.1, 0.15) is 23.2 Å². The van der Waals surface area contributed by atoms with Crippen LogP contribution in [0.3, 0.4) is 0 Å². The molecule has 0 spiro atoms. The number of nitrogens with two attached hydrogens (primary N) is 1. The highest BCUT2D eigenvalue weighted by atomic mass is 16.7. The van der Waals surface area contributed by atoms with E-state index in [9.17, 15) is 5.26 Å². The molecule has 6 heteroatoms. The highest BCUT2D eigenvalue weighted by molar-refractivity contribution is 5.82. The topological polar surface area (TPSA) is 90.4 Å². The molecule has 2 N–H and O–H groups in total. The maximum atomic E-state index is 9.55. The predicted molar refractivity (Wildman–Crippen MR) is 88.1 cm³/mol. The fourth-order valence-electron chi connectivity index (χ4n) is 3.13. The van der Waals surface area contributed by atoms with E-state index in [1.54, 1.807) is 13.2 Å². The summed E-state index contributed by atoms with van der Waals surface area (Å²) >= 11 is 0. The van der Waals surface area contributed by atoms with E-state index in [0.717, 1.165) is 29.7 Å². The second kappa shape index (κ2) is 5.60. The number of methoxy groups -OCH3 is 1. The van der Waals surface area contributed by atoms with Gasteiger partial charge in [-0.15, -0.1) is 0 Å². The summed E-state index contributed by atoms with van der Waals surface area (Å²) < 4.78 is 16.4. The van der Waals surface area contributed by atoms with Gasteiger partial charge in [0.2, 0.25) is 6.79 Å². The Balaban J connectivity index is 1.92. The van der Waals surface area contributed by atoms with Crippen molar-refractivity contribution in [2.45, 2.75) is 25.2 Å². The van der Waals surface area contributed by atoms with Crippen molar-refractivity contribution in [2.24, 2.45) is 0 Å². The molecular formula is C18H17N3O3. The van der Waals surface area contributed by atoms with Gasteiger partial charge in [0.15, 0.2) is 11.5 Å². The molecule has 0 amide bonds. The Hall–Kier alpha value is -2.94. The van der Waals surface area contributed by atoms with Gasteiger partial charge >= 0.3 is 0 Å². The monoisotopic (exact) mass is 323 g/mol. The molecule has 122 valence electrons. The van der Waals surface area contributed by atoms with Crippen molar-refractivity contribution in [3.63, 3.8) is 0 Å². The number of hydrogen-bond donors (Lipinski definition) is 1. The summed E-state index contributed by atoms with van der Waals surface area (Å²) in [5.74, 6) is 2.56. The third-order valence-corrected chi connectivity index (χ3v) is 4.69. The quantitative estimate of drug-likeness (QED) is 0.932. The van der Waals surface area contributed by atoms with Crippen LogP contribution in [0.5, 0.6) is 17.2 Å². The molecule has 1 aliphatic heterocycles. The van der Waals surface area contributed by atoms with Crippen molar-refractivity contribution in [1.82, 2.24) is 4.98 Å². The summed E-state index contributed by atoms with van der Waals surface area (Å²) in [6.45, 7) is 0.179. The molecule has 6 nitrogen and oxygen atoms in total. The van der Waals surface area contributed by atoms with E-state index in [4.69, 9.17) is 19.9 Å². The largest absolute Gasteiger partial charge is 0.496 e. The van der Waals surface area contributed by atoms with Gasteiger partial charge in [-0.1, -0.05) is 6.42 Å². The first-order chi connectivity index (χ1) is 11.7. The van der Waals surface area contributed by atoms with Crippen LogP contribution >= 0.6 is 0 Å². The molecule has 0 bridgehead atoms. The first kappa shape index (κ1) is 14.6. The van der Waals surface area contributed by atoms with Gasteiger partial charge in [-0.25, -0.2) is 4.98 Å². The number of anilines is 1. The van der Waals surface area contributed by atoms with Gasteiger partial charge in [-0.2, -0.15) is 5.26 Å². The van der Waals surface area contributed by atoms with Crippen molar-refractivity contribution in [3.05, 3.63) is 29.5 Å². The summed E-state index contributed by atoms with van der Waals surface area (Å²) in [6.07, 6.45) is 3.42. The molecule has 1 aromatic heterocycles. The third kappa shape index (κ3) is 2.21. The lowest BCUT2D eigenvalue weighted by Crippen LogP contribution is -2.12. The zero-order valence-corrected chi connectivity index (χ0v) is 13.3. The van der Waals surface area contributed by atoms with Crippen LogP contribution in [0.25, 0.3) is 11.1 Å². The summed E-state index contributed by atoms with van der Waals surface area (Å²) in [5.41, 5.74) is 8.84. The number of benzene rings is 1. The van der Waals surface area contributed by atoms with Crippen LogP contribution in [0, 0.1) is 11.3 Å². The van der Waals surface area contributed by atoms with Crippen molar-refractivity contribution in [1.29, 1.82) is 5.26 Å². The molecule has 1 saturated carbocycles. The highest BCUT2D eigenvalue weighted by Gasteiger charge is 2.26. The van der Waals surface area contributed by atoms with Crippen LogP contribution in [0.15, 0.2) is 18.2 Å². The van der Waals surface area contributed by atoms with Gasteiger partial charge in [0, 0.05) is 28.8 Å². The van der Waals surface area contributed by atoms with Crippen LogP contribution in [0.2, 0.25) is 0 Å². The van der Waals surface area contributed by atoms with Crippen LogP contribution in [-0.4, -0.2) is 18.9 Å². The van der Waals surface area contributed by atoms with Gasteiger partial charge in [0.25, 0.3) is 0 Å². The Labute approximate surface area is 139 Å². The van der Waals surface area contributed by atoms with E-state index in [1.165, 1.54) is 6.42 Å². The lowest BCUT2D eigenvalue weighted by molar-refractivity contribution is 0.174. The normalized spacial score (nSPS) is 15.7. The van der Waals surface area contributed by atoms with E-state index in [0.29, 0.717) is 28.7 Å². The van der Waals surface area contributed by atoms with E-state index >= 15 is 0 Å². The van der Waals surface area contributed by atoms with E-state index in [1.807, 2.05) is 12.1 Å². The molecule has 4 rings (SSSR count). The number of nitrogen functional groups attached to an aromatic ring is 1. The van der Waals surface area contributed by atoms with E-state index in [-0.39, 0.29) is 12.6 Å². The second-order valence-corrected chi connectivity index (χ2v) is 6.00. The number of rotatable bonds is 3. The molecular weight excluding hydrogens is 306 g/mol. The maximum absolute atomic E-state index is 9.55. The number of nitriles is 1. The average Bonchev–Trinajstić information content (AvgIpc) is 2.98. The van der Waals surface area contributed by atoms with Crippen molar-refractivity contribution in [2.75, 3.05) is 19.6 Å². The van der Waals surface area contributed by atoms with Crippen molar-refractivity contribution < 1.29 is 14.2 Å². The van der Waals surface area contributed by atoms with Gasteiger partial charge in [-0.3, -0.25) is 0 Å². The summed E-state index contributed by atoms with van der Waals surface area (Å²) in [6, 6.07) is 7.74. The number of fused-ring (bicyclic) bond motifs is 1. The molecule has 1 aliphatic carbocycles. The Morgan fingerprint density at radius 1 is 1.21 bits per heavy atom. The SMILES string of the molecule is COc1cc2c(cc1-c1cc(C3CCC3)nc(N)c1C#N)OCO2. The third-order valence-electron chi connectivity index (χ3n) is 4.69. The molecule has 0 unspecified atom stereocenters. The first-order valence-electron chi connectivity index (χ1n) is 7.89. The minimum absolute atomic E-state index is 0.179. The van der Waals surface area contributed by atoms with E-state index in [2.05, 4.69) is 11.1 Å². The summed E-state index contributed by atoms with van der Waals surface area (Å²) in [5, 5.41) is 9.55. The standard InChI is InChI=1S/C18H17N3O3/c1-22-15-7-17-16(23-9-24-17)6-12(15)11-5-14(10-3-2-4-10)21-18(20)13(11)8-19/h5-7,10H,2-4,9H2,1H3,(H2,20,21). The minimum Gasteiger partial charge on any atom is -0.496 e. The lowest BCUT2D eigenvalue weighted by Gasteiger charge is -2.26. The first-order valence-corrected chi connectivity index (χ1v) is 7.89. The van der Waals surface area contributed by atoms with Crippen molar-refractivity contribution in [3.8, 4) is 34.4 Å². The van der Waals surface area contributed by atoms with Crippen molar-refractivity contribution >= 4 is 5.82 Å². The second-order valence-electron chi connectivity index (χ2n) is 6.00. The van der Waals surface area contributed by atoms with Crippen LogP contribution in [0.4, 0.5) is 5.82 Å². The molecule has 1 fully saturated rings. The van der Waals surface area contributed by atoms with Crippen LogP contribution in [-0.2, 0) is 0 Å². The fourth-order valence-corrected chi connectivity index (χ4v) is 3.13. The molecule has 1 aromatic carbocycles. The zero-order valence-electron chi connectivity index (χ0n) is 13.3. The molecule has 0 radical (unpaired) electrons. The molecule has 0 atom stereocenters. The maximum Gasteiger partial charge on any atom is 0.231 e.